The van der Waals surface area contributed by atoms with Crippen LogP contribution in [-0.4, -0.2) is 37.6 Å². The van der Waals surface area contributed by atoms with Gasteiger partial charge in [0.2, 0.25) is 0 Å². The molecular weight excluding hydrogens is 174 g/mol. The van der Waals surface area contributed by atoms with E-state index in [9.17, 15) is 0 Å². The summed E-state index contributed by atoms with van der Waals surface area (Å²) < 4.78 is 0. The SMILES string of the molecule is CCCCN(CC)CCC(C#N)NC. The molecule has 0 heterocycles. The van der Waals surface area contributed by atoms with E-state index in [4.69, 9.17) is 5.26 Å². The number of nitriles is 1. The summed E-state index contributed by atoms with van der Waals surface area (Å²) >= 11 is 0. The summed E-state index contributed by atoms with van der Waals surface area (Å²) in [6.07, 6.45) is 3.42. The smallest absolute Gasteiger partial charge is 0.0962 e. The lowest BCUT2D eigenvalue weighted by atomic mass is 10.2. The molecule has 0 aromatic carbocycles. The molecule has 0 amide bonds. The van der Waals surface area contributed by atoms with Gasteiger partial charge in [0.15, 0.2) is 0 Å². The average molecular weight is 197 g/mol. The van der Waals surface area contributed by atoms with E-state index in [-0.39, 0.29) is 6.04 Å². The van der Waals surface area contributed by atoms with Gasteiger partial charge in [-0.05, 0) is 33.0 Å². The van der Waals surface area contributed by atoms with E-state index in [1.807, 2.05) is 7.05 Å². The number of nitrogens with zero attached hydrogens (tertiary/aromatic N) is 2. The van der Waals surface area contributed by atoms with Crippen LogP contribution in [0.15, 0.2) is 0 Å². The Labute approximate surface area is 88.1 Å². The highest BCUT2D eigenvalue weighted by atomic mass is 15.1. The predicted octanol–water partition coefficient (Wildman–Crippen LogP) is 1.61. The molecule has 14 heavy (non-hydrogen) atoms. The van der Waals surface area contributed by atoms with E-state index in [1.54, 1.807) is 0 Å². The number of nitrogens with one attached hydrogen (secondary N) is 1. The van der Waals surface area contributed by atoms with Crippen LogP contribution < -0.4 is 5.32 Å². The maximum Gasteiger partial charge on any atom is 0.0962 e. The van der Waals surface area contributed by atoms with Crippen molar-refractivity contribution < 1.29 is 0 Å². The summed E-state index contributed by atoms with van der Waals surface area (Å²) in [5, 5.41) is 11.8. The van der Waals surface area contributed by atoms with Crippen LogP contribution in [0.25, 0.3) is 0 Å². The van der Waals surface area contributed by atoms with Gasteiger partial charge in [0.05, 0.1) is 12.1 Å². The van der Waals surface area contributed by atoms with Crippen molar-refractivity contribution in [3.63, 3.8) is 0 Å². The van der Waals surface area contributed by atoms with Gasteiger partial charge in [-0.3, -0.25) is 0 Å². The zero-order chi connectivity index (χ0) is 10.8. The zero-order valence-corrected chi connectivity index (χ0v) is 9.71. The molecule has 0 radical (unpaired) electrons. The lowest BCUT2D eigenvalue weighted by molar-refractivity contribution is 0.273. The van der Waals surface area contributed by atoms with E-state index >= 15 is 0 Å². The highest BCUT2D eigenvalue weighted by molar-refractivity contribution is 4.88. The number of hydrogen-bond donors (Lipinski definition) is 1. The Morgan fingerprint density at radius 3 is 2.50 bits per heavy atom. The van der Waals surface area contributed by atoms with Crippen molar-refractivity contribution in [2.24, 2.45) is 0 Å². The molecule has 82 valence electrons. The maximum absolute atomic E-state index is 8.76. The van der Waals surface area contributed by atoms with Crippen molar-refractivity contribution in [2.75, 3.05) is 26.7 Å². The molecule has 1 unspecified atom stereocenters. The topological polar surface area (TPSA) is 39.1 Å². The molecule has 0 saturated heterocycles. The van der Waals surface area contributed by atoms with Gasteiger partial charge in [0.25, 0.3) is 0 Å². The van der Waals surface area contributed by atoms with Crippen LogP contribution in [0.5, 0.6) is 0 Å². The Balaban J connectivity index is 3.66. The Morgan fingerprint density at radius 2 is 2.07 bits per heavy atom. The van der Waals surface area contributed by atoms with E-state index in [1.165, 1.54) is 12.8 Å². The van der Waals surface area contributed by atoms with Crippen molar-refractivity contribution in [2.45, 2.75) is 39.2 Å². The summed E-state index contributed by atoms with van der Waals surface area (Å²) in [5.41, 5.74) is 0. The third-order valence-electron chi connectivity index (χ3n) is 2.51. The van der Waals surface area contributed by atoms with Crippen LogP contribution in [-0.2, 0) is 0 Å². The largest absolute Gasteiger partial charge is 0.305 e. The molecule has 1 N–H and O–H groups in total. The highest BCUT2D eigenvalue weighted by Crippen LogP contribution is 1.98. The van der Waals surface area contributed by atoms with Gasteiger partial charge in [-0.15, -0.1) is 0 Å². The van der Waals surface area contributed by atoms with Crippen LogP contribution in [0.3, 0.4) is 0 Å². The lowest BCUT2D eigenvalue weighted by Crippen LogP contribution is -2.32. The van der Waals surface area contributed by atoms with E-state index < -0.39 is 0 Å². The van der Waals surface area contributed by atoms with Crippen LogP contribution in [0, 0.1) is 11.3 Å². The first-order valence-electron chi connectivity index (χ1n) is 5.57. The van der Waals surface area contributed by atoms with Crippen LogP contribution >= 0.6 is 0 Å². The van der Waals surface area contributed by atoms with Gasteiger partial charge in [-0.2, -0.15) is 5.26 Å². The number of rotatable bonds is 8. The van der Waals surface area contributed by atoms with Gasteiger partial charge < -0.3 is 10.2 Å². The lowest BCUT2D eigenvalue weighted by Gasteiger charge is -2.21. The second kappa shape index (κ2) is 8.98. The summed E-state index contributed by atoms with van der Waals surface area (Å²) in [7, 11) is 1.84. The molecule has 0 aliphatic rings. The molecule has 3 heteroatoms. The molecule has 0 rings (SSSR count). The average Bonchev–Trinajstić information content (AvgIpc) is 2.23. The molecule has 0 aromatic rings. The minimum absolute atomic E-state index is 0.00526. The Hall–Kier alpha value is -0.590. The van der Waals surface area contributed by atoms with Gasteiger partial charge in [-0.1, -0.05) is 20.3 Å². The molecule has 0 aliphatic heterocycles. The fraction of sp³-hybridized carbons (Fsp3) is 0.909. The molecule has 0 spiro atoms. The van der Waals surface area contributed by atoms with Crippen molar-refractivity contribution >= 4 is 0 Å². The minimum atomic E-state index is 0.00526. The maximum atomic E-state index is 8.76. The van der Waals surface area contributed by atoms with Gasteiger partial charge in [-0.25, -0.2) is 0 Å². The Morgan fingerprint density at radius 1 is 1.36 bits per heavy atom. The quantitative estimate of drug-likeness (QED) is 0.642. The van der Waals surface area contributed by atoms with Crippen molar-refractivity contribution in [1.29, 1.82) is 5.26 Å². The molecule has 0 bridgehead atoms. The van der Waals surface area contributed by atoms with Gasteiger partial charge in [0.1, 0.15) is 0 Å². The first kappa shape index (κ1) is 13.4. The molecule has 0 aliphatic carbocycles. The number of hydrogen-bond acceptors (Lipinski definition) is 3. The first-order valence-corrected chi connectivity index (χ1v) is 5.57. The number of unbranched alkanes of at least 4 members (excludes halogenated alkanes) is 1. The Kier molecular flexibility index (Phi) is 8.61. The van der Waals surface area contributed by atoms with Crippen molar-refractivity contribution in [3.8, 4) is 6.07 Å². The van der Waals surface area contributed by atoms with Crippen LogP contribution in [0.1, 0.15) is 33.1 Å². The third kappa shape index (κ3) is 5.95. The first-order chi connectivity index (χ1) is 6.78. The van der Waals surface area contributed by atoms with Gasteiger partial charge >= 0.3 is 0 Å². The second-order valence-electron chi connectivity index (χ2n) is 3.55. The zero-order valence-electron chi connectivity index (χ0n) is 9.71. The standard InChI is InChI=1S/C11H23N3/c1-4-6-8-14(5-2)9-7-11(10-12)13-3/h11,13H,4-9H2,1-3H3. The summed E-state index contributed by atoms with van der Waals surface area (Å²) in [6, 6.07) is 2.25. The fourth-order valence-corrected chi connectivity index (χ4v) is 1.39. The summed E-state index contributed by atoms with van der Waals surface area (Å²) in [5.74, 6) is 0. The highest BCUT2D eigenvalue weighted by Gasteiger charge is 2.07. The molecule has 3 nitrogen and oxygen atoms in total. The van der Waals surface area contributed by atoms with E-state index in [0.717, 1.165) is 26.1 Å². The molecule has 0 aromatic heterocycles. The summed E-state index contributed by atoms with van der Waals surface area (Å²) in [6.45, 7) is 7.65. The molecular formula is C11H23N3. The molecule has 0 saturated carbocycles. The fourth-order valence-electron chi connectivity index (χ4n) is 1.39. The van der Waals surface area contributed by atoms with E-state index in [0.29, 0.717) is 0 Å². The van der Waals surface area contributed by atoms with Gasteiger partial charge in [0, 0.05) is 6.54 Å². The Bertz CT molecular complexity index is 162. The second-order valence-corrected chi connectivity index (χ2v) is 3.55. The summed E-state index contributed by atoms with van der Waals surface area (Å²) in [4.78, 5) is 2.41. The van der Waals surface area contributed by atoms with E-state index in [2.05, 4.69) is 30.1 Å². The normalized spacial score (nSPS) is 12.8. The molecule has 1 atom stereocenters. The minimum Gasteiger partial charge on any atom is -0.305 e. The predicted molar refractivity (Wildman–Crippen MR) is 60.1 cm³/mol. The molecule has 0 fully saturated rings. The third-order valence-corrected chi connectivity index (χ3v) is 2.51. The van der Waals surface area contributed by atoms with Crippen LogP contribution in [0.2, 0.25) is 0 Å². The van der Waals surface area contributed by atoms with Crippen molar-refractivity contribution in [1.82, 2.24) is 10.2 Å². The van der Waals surface area contributed by atoms with Crippen LogP contribution in [0.4, 0.5) is 0 Å². The monoisotopic (exact) mass is 197 g/mol. The van der Waals surface area contributed by atoms with Crippen molar-refractivity contribution in [3.05, 3.63) is 0 Å².